The topological polar surface area (TPSA) is 63.8 Å². The number of nitrogens with one attached hydrogen (secondary N) is 1. The van der Waals surface area contributed by atoms with E-state index in [0.29, 0.717) is 11.6 Å². The summed E-state index contributed by atoms with van der Waals surface area (Å²) in [6, 6.07) is 11.9. The van der Waals surface area contributed by atoms with Crippen molar-refractivity contribution in [3.8, 4) is 0 Å². The minimum atomic E-state index is 0.281. The summed E-state index contributed by atoms with van der Waals surface area (Å²) in [5.41, 5.74) is 7.37. The van der Waals surface area contributed by atoms with Gasteiger partial charge in [-0.05, 0) is 18.1 Å². The number of benzene rings is 1. The molecule has 0 saturated carbocycles. The number of aromatic nitrogens is 2. The first-order valence-electron chi connectivity index (χ1n) is 5.66. The summed E-state index contributed by atoms with van der Waals surface area (Å²) in [5.74, 6) is 0.552. The zero-order chi connectivity index (χ0) is 12.8. The molecule has 5 heteroatoms. The molecular formula is C13H14N4S. The van der Waals surface area contributed by atoms with Crippen molar-refractivity contribution in [3.63, 3.8) is 0 Å². The Hall–Kier alpha value is -2.01. The van der Waals surface area contributed by atoms with E-state index in [-0.39, 0.29) is 4.99 Å². The third-order valence-electron chi connectivity index (χ3n) is 2.45. The van der Waals surface area contributed by atoms with Gasteiger partial charge in [0.2, 0.25) is 5.95 Å². The molecule has 1 heterocycles. The molecule has 0 radical (unpaired) electrons. The highest BCUT2D eigenvalue weighted by Gasteiger charge is 2.00. The van der Waals surface area contributed by atoms with E-state index < -0.39 is 0 Å². The van der Waals surface area contributed by atoms with E-state index in [1.807, 2.05) is 18.2 Å². The molecule has 1 aromatic carbocycles. The van der Waals surface area contributed by atoms with E-state index in [4.69, 9.17) is 18.0 Å². The Morgan fingerprint density at radius 3 is 2.72 bits per heavy atom. The molecule has 0 spiro atoms. The Balaban J connectivity index is 1.90. The van der Waals surface area contributed by atoms with Gasteiger partial charge in [-0.1, -0.05) is 42.5 Å². The smallest absolute Gasteiger partial charge is 0.223 e. The van der Waals surface area contributed by atoms with Gasteiger partial charge in [-0.3, -0.25) is 0 Å². The van der Waals surface area contributed by atoms with Crippen LogP contribution in [0.15, 0.2) is 42.6 Å². The Kier molecular flexibility index (Phi) is 4.20. The zero-order valence-corrected chi connectivity index (χ0v) is 10.7. The molecule has 1 aromatic heterocycles. The van der Waals surface area contributed by atoms with Gasteiger partial charge < -0.3 is 11.1 Å². The summed E-state index contributed by atoms with van der Waals surface area (Å²) in [5, 5.41) is 3.15. The first-order valence-corrected chi connectivity index (χ1v) is 6.07. The van der Waals surface area contributed by atoms with Crippen LogP contribution < -0.4 is 11.1 Å². The standard InChI is InChI=1S/C13H14N4S/c14-12(18)11-7-9-16-13(17-11)15-8-6-10-4-2-1-3-5-10/h1-5,7,9H,6,8H2,(H2,14,18)(H,15,16,17). The van der Waals surface area contributed by atoms with Crippen molar-refractivity contribution in [1.29, 1.82) is 0 Å². The molecule has 0 aliphatic rings. The number of nitrogens with two attached hydrogens (primary N) is 1. The van der Waals surface area contributed by atoms with Crippen molar-refractivity contribution in [2.75, 3.05) is 11.9 Å². The molecule has 0 saturated heterocycles. The molecule has 0 amide bonds. The molecule has 0 atom stereocenters. The van der Waals surface area contributed by atoms with Crippen molar-refractivity contribution in [2.45, 2.75) is 6.42 Å². The van der Waals surface area contributed by atoms with Crippen molar-refractivity contribution in [1.82, 2.24) is 9.97 Å². The number of anilines is 1. The van der Waals surface area contributed by atoms with Crippen LogP contribution in [0.3, 0.4) is 0 Å². The predicted molar refractivity (Wildman–Crippen MR) is 76.6 cm³/mol. The van der Waals surface area contributed by atoms with E-state index in [1.54, 1.807) is 12.3 Å². The lowest BCUT2D eigenvalue weighted by Gasteiger charge is -2.05. The van der Waals surface area contributed by atoms with Gasteiger partial charge >= 0.3 is 0 Å². The average molecular weight is 258 g/mol. The third-order valence-corrected chi connectivity index (χ3v) is 2.66. The third kappa shape index (κ3) is 3.49. The van der Waals surface area contributed by atoms with E-state index in [9.17, 15) is 0 Å². The lowest BCUT2D eigenvalue weighted by molar-refractivity contribution is 0.982. The normalized spacial score (nSPS) is 10.0. The van der Waals surface area contributed by atoms with Gasteiger partial charge in [-0.25, -0.2) is 9.97 Å². The maximum atomic E-state index is 5.52. The fraction of sp³-hybridized carbons (Fsp3) is 0.154. The summed E-state index contributed by atoms with van der Waals surface area (Å²) in [7, 11) is 0. The summed E-state index contributed by atoms with van der Waals surface area (Å²) < 4.78 is 0. The monoisotopic (exact) mass is 258 g/mol. The van der Waals surface area contributed by atoms with Gasteiger partial charge in [-0.2, -0.15) is 0 Å². The Bertz CT molecular complexity index is 528. The zero-order valence-electron chi connectivity index (χ0n) is 9.84. The molecule has 92 valence electrons. The molecule has 0 unspecified atom stereocenters. The van der Waals surface area contributed by atoms with Gasteiger partial charge in [0.1, 0.15) is 10.7 Å². The van der Waals surface area contributed by atoms with Gasteiger partial charge in [0.05, 0.1) is 0 Å². The first kappa shape index (κ1) is 12.4. The predicted octanol–water partition coefficient (Wildman–Crippen LogP) is 1.77. The second-order valence-electron chi connectivity index (χ2n) is 3.79. The van der Waals surface area contributed by atoms with Gasteiger partial charge in [0.15, 0.2) is 0 Å². The lowest BCUT2D eigenvalue weighted by Crippen LogP contribution is -2.14. The maximum absolute atomic E-state index is 5.52. The fourth-order valence-corrected chi connectivity index (χ4v) is 1.66. The molecule has 4 nitrogen and oxygen atoms in total. The molecule has 0 fully saturated rings. The molecule has 0 aliphatic carbocycles. The van der Waals surface area contributed by atoms with Crippen molar-refractivity contribution >= 4 is 23.2 Å². The Labute approximate surface area is 111 Å². The molecular weight excluding hydrogens is 244 g/mol. The van der Waals surface area contributed by atoms with E-state index in [1.165, 1.54) is 5.56 Å². The van der Waals surface area contributed by atoms with Crippen LogP contribution in [0.25, 0.3) is 0 Å². The fourth-order valence-electron chi connectivity index (χ4n) is 1.54. The number of hydrogen-bond donors (Lipinski definition) is 2. The van der Waals surface area contributed by atoms with Crippen LogP contribution in [0, 0.1) is 0 Å². The van der Waals surface area contributed by atoms with Crippen LogP contribution in [-0.4, -0.2) is 21.5 Å². The van der Waals surface area contributed by atoms with Crippen LogP contribution in [0.5, 0.6) is 0 Å². The average Bonchev–Trinajstić information content (AvgIpc) is 2.40. The van der Waals surface area contributed by atoms with Crippen molar-refractivity contribution in [3.05, 3.63) is 53.9 Å². The minimum Gasteiger partial charge on any atom is -0.388 e. The molecule has 0 bridgehead atoms. The molecule has 18 heavy (non-hydrogen) atoms. The van der Waals surface area contributed by atoms with Gasteiger partial charge in [-0.15, -0.1) is 0 Å². The highest BCUT2D eigenvalue weighted by atomic mass is 32.1. The second kappa shape index (κ2) is 6.07. The minimum absolute atomic E-state index is 0.281. The quantitative estimate of drug-likeness (QED) is 0.800. The highest BCUT2D eigenvalue weighted by Crippen LogP contribution is 2.03. The Morgan fingerprint density at radius 2 is 2.00 bits per heavy atom. The van der Waals surface area contributed by atoms with Crippen molar-refractivity contribution in [2.24, 2.45) is 5.73 Å². The highest BCUT2D eigenvalue weighted by molar-refractivity contribution is 7.80. The summed E-state index contributed by atoms with van der Waals surface area (Å²) in [6.45, 7) is 0.769. The van der Waals surface area contributed by atoms with E-state index >= 15 is 0 Å². The van der Waals surface area contributed by atoms with E-state index in [0.717, 1.165) is 13.0 Å². The SMILES string of the molecule is NC(=S)c1ccnc(NCCc2ccccc2)n1. The Morgan fingerprint density at radius 1 is 1.22 bits per heavy atom. The largest absolute Gasteiger partial charge is 0.388 e. The van der Waals surface area contributed by atoms with Crippen LogP contribution >= 0.6 is 12.2 Å². The van der Waals surface area contributed by atoms with Gasteiger partial charge in [0, 0.05) is 12.7 Å². The number of rotatable bonds is 5. The summed E-state index contributed by atoms with van der Waals surface area (Å²) in [4.78, 5) is 8.61. The molecule has 0 aliphatic heterocycles. The maximum Gasteiger partial charge on any atom is 0.223 e. The summed E-state index contributed by atoms with van der Waals surface area (Å²) >= 11 is 4.87. The van der Waals surface area contributed by atoms with Crippen LogP contribution in [0.1, 0.15) is 11.3 Å². The van der Waals surface area contributed by atoms with Crippen LogP contribution in [0.2, 0.25) is 0 Å². The van der Waals surface area contributed by atoms with Gasteiger partial charge in [0.25, 0.3) is 0 Å². The number of hydrogen-bond acceptors (Lipinski definition) is 4. The van der Waals surface area contributed by atoms with E-state index in [2.05, 4.69) is 27.4 Å². The van der Waals surface area contributed by atoms with Crippen LogP contribution in [-0.2, 0) is 6.42 Å². The molecule has 2 aromatic rings. The second-order valence-corrected chi connectivity index (χ2v) is 4.23. The number of nitrogens with zero attached hydrogens (tertiary/aromatic N) is 2. The number of thiocarbonyl (C=S) groups is 1. The molecule has 3 N–H and O–H groups in total. The first-order chi connectivity index (χ1) is 8.75. The lowest BCUT2D eigenvalue weighted by atomic mass is 10.1. The molecule has 2 rings (SSSR count). The van der Waals surface area contributed by atoms with Crippen LogP contribution in [0.4, 0.5) is 5.95 Å². The summed E-state index contributed by atoms with van der Waals surface area (Å²) in [6.07, 6.45) is 2.56. The van der Waals surface area contributed by atoms with Crippen molar-refractivity contribution < 1.29 is 0 Å².